The lowest BCUT2D eigenvalue weighted by atomic mass is 10.2. The van der Waals surface area contributed by atoms with Crippen LogP contribution in [0.3, 0.4) is 0 Å². The van der Waals surface area contributed by atoms with Gasteiger partial charge in [-0.3, -0.25) is 4.79 Å². The number of aromatic nitrogens is 1. The maximum Gasteiger partial charge on any atom is 0.259 e. The molecule has 3 rings (SSSR count). The molecule has 2 aromatic rings. The maximum atomic E-state index is 12.1. The van der Waals surface area contributed by atoms with Crippen LogP contribution in [0.2, 0.25) is 0 Å². The molecule has 1 fully saturated rings. The van der Waals surface area contributed by atoms with Gasteiger partial charge in [0.1, 0.15) is 0 Å². The summed E-state index contributed by atoms with van der Waals surface area (Å²) < 4.78 is 8.45. The van der Waals surface area contributed by atoms with E-state index in [1.165, 1.54) is 0 Å². The normalized spacial score (nSPS) is 20.1. The fourth-order valence-electron chi connectivity index (χ4n) is 2.34. The fourth-order valence-corrected chi connectivity index (χ4v) is 3.11. The number of nitrogens with zero attached hydrogens (tertiary/aromatic N) is 1. The Balaban J connectivity index is 1.80. The van der Waals surface area contributed by atoms with Gasteiger partial charge in [0.15, 0.2) is 0 Å². The van der Waals surface area contributed by atoms with E-state index in [1.807, 2.05) is 23.7 Å². The Hall–Kier alpha value is -1.13. The van der Waals surface area contributed by atoms with E-state index in [0.717, 1.165) is 42.5 Å². The van der Waals surface area contributed by atoms with E-state index in [2.05, 4.69) is 0 Å². The predicted molar refractivity (Wildman–Crippen MR) is 69.7 cm³/mol. The average molecular weight is 249 g/mol. The van der Waals surface area contributed by atoms with Gasteiger partial charge >= 0.3 is 0 Å². The van der Waals surface area contributed by atoms with Crippen LogP contribution in [-0.2, 0) is 11.3 Å². The zero-order chi connectivity index (χ0) is 11.7. The highest BCUT2D eigenvalue weighted by Gasteiger charge is 2.15. The molecular formula is C13H15NO2S. The highest BCUT2D eigenvalue weighted by Crippen LogP contribution is 2.18. The quantitative estimate of drug-likeness (QED) is 0.837. The number of aryl methyl sites for hydroxylation is 1. The topological polar surface area (TPSA) is 31.2 Å². The lowest BCUT2D eigenvalue weighted by Crippen LogP contribution is -2.21. The van der Waals surface area contributed by atoms with Gasteiger partial charge in [-0.2, -0.15) is 0 Å². The second-order valence-corrected chi connectivity index (χ2v) is 5.38. The summed E-state index contributed by atoms with van der Waals surface area (Å²) in [6.07, 6.45) is 5.48. The number of pyridine rings is 1. The van der Waals surface area contributed by atoms with Crippen LogP contribution in [-0.4, -0.2) is 17.3 Å². The van der Waals surface area contributed by atoms with Crippen molar-refractivity contribution in [1.82, 2.24) is 4.57 Å². The second-order valence-electron chi connectivity index (χ2n) is 4.44. The predicted octanol–water partition coefficient (Wildman–Crippen LogP) is 2.63. The Labute approximate surface area is 104 Å². The van der Waals surface area contributed by atoms with Gasteiger partial charge < -0.3 is 9.30 Å². The van der Waals surface area contributed by atoms with E-state index in [1.54, 1.807) is 15.9 Å². The summed E-state index contributed by atoms with van der Waals surface area (Å²) in [5.41, 5.74) is 0.127. The van der Waals surface area contributed by atoms with Crippen molar-refractivity contribution in [3.05, 3.63) is 34.1 Å². The van der Waals surface area contributed by atoms with Crippen LogP contribution in [0.25, 0.3) is 10.1 Å². The molecule has 1 saturated heterocycles. The zero-order valence-corrected chi connectivity index (χ0v) is 10.4. The monoisotopic (exact) mass is 249 g/mol. The molecule has 1 atom stereocenters. The standard InChI is InChI=1S/C13H15NO2S/c15-13-11-5-9-17-12(11)4-7-14(13)6-3-10-2-1-8-16-10/h4-5,7,9-10H,1-3,6,8H2. The maximum absolute atomic E-state index is 12.1. The number of rotatable bonds is 3. The van der Waals surface area contributed by atoms with Gasteiger partial charge in [0.05, 0.1) is 11.5 Å². The fraction of sp³-hybridized carbons (Fsp3) is 0.462. The number of hydrogen-bond donors (Lipinski definition) is 0. The van der Waals surface area contributed by atoms with E-state index >= 15 is 0 Å². The highest BCUT2D eigenvalue weighted by atomic mass is 32.1. The van der Waals surface area contributed by atoms with E-state index in [-0.39, 0.29) is 5.56 Å². The van der Waals surface area contributed by atoms with Crippen LogP contribution in [0, 0.1) is 0 Å². The van der Waals surface area contributed by atoms with Crippen LogP contribution in [0.4, 0.5) is 0 Å². The van der Waals surface area contributed by atoms with Gasteiger partial charge in [0.2, 0.25) is 0 Å². The summed E-state index contributed by atoms with van der Waals surface area (Å²) in [6.45, 7) is 1.64. The number of hydrogen-bond acceptors (Lipinski definition) is 3. The van der Waals surface area contributed by atoms with E-state index in [4.69, 9.17) is 4.74 Å². The molecule has 0 bridgehead atoms. The third-order valence-corrected chi connectivity index (χ3v) is 4.19. The lowest BCUT2D eigenvalue weighted by molar-refractivity contribution is 0.100. The Morgan fingerprint density at radius 2 is 2.41 bits per heavy atom. The van der Waals surface area contributed by atoms with Crippen LogP contribution in [0.1, 0.15) is 19.3 Å². The van der Waals surface area contributed by atoms with Crippen molar-refractivity contribution < 1.29 is 4.74 Å². The molecule has 1 aliphatic rings. The molecule has 4 heteroatoms. The van der Waals surface area contributed by atoms with Crippen LogP contribution >= 0.6 is 11.3 Å². The van der Waals surface area contributed by atoms with E-state index in [9.17, 15) is 4.79 Å². The molecule has 0 aromatic carbocycles. The molecule has 0 aliphatic carbocycles. The van der Waals surface area contributed by atoms with Crippen LogP contribution in [0.5, 0.6) is 0 Å². The number of ether oxygens (including phenoxy) is 1. The third-order valence-electron chi connectivity index (χ3n) is 3.31. The first-order chi connectivity index (χ1) is 8.34. The largest absolute Gasteiger partial charge is 0.378 e. The van der Waals surface area contributed by atoms with Crippen molar-refractivity contribution in [1.29, 1.82) is 0 Å². The zero-order valence-electron chi connectivity index (χ0n) is 9.59. The Morgan fingerprint density at radius 1 is 1.47 bits per heavy atom. The average Bonchev–Trinajstić information content (AvgIpc) is 2.99. The molecule has 0 radical (unpaired) electrons. The third kappa shape index (κ3) is 2.15. The smallest absolute Gasteiger partial charge is 0.259 e. The molecule has 3 heterocycles. The molecule has 0 amide bonds. The first-order valence-electron chi connectivity index (χ1n) is 6.03. The summed E-state index contributed by atoms with van der Waals surface area (Å²) in [5, 5.41) is 2.81. The number of thiophene rings is 1. The van der Waals surface area contributed by atoms with E-state index < -0.39 is 0 Å². The summed E-state index contributed by atoms with van der Waals surface area (Å²) in [7, 11) is 0. The minimum atomic E-state index is 0.127. The van der Waals surface area contributed by atoms with Crippen molar-refractivity contribution in [2.24, 2.45) is 0 Å². The SMILES string of the molecule is O=c1c2ccsc2ccn1CCC1CCCO1. The number of fused-ring (bicyclic) bond motifs is 1. The summed E-state index contributed by atoms with van der Waals surface area (Å²) in [5.74, 6) is 0. The molecule has 3 nitrogen and oxygen atoms in total. The van der Waals surface area contributed by atoms with E-state index in [0.29, 0.717) is 6.10 Å². The van der Waals surface area contributed by atoms with Crippen molar-refractivity contribution >= 4 is 21.4 Å². The minimum absolute atomic E-state index is 0.127. The van der Waals surface area contributed by atoms with Gasteiger partial charge in [-0.15, -0.1) is 11.3 Å². The molecule has 17 heavy (non-hydrogen) atoms. The molecule has 1 aliphatic heterocycles. The molecule has 1 unspecified atom stereocenters. The molecule has 2 aromatic heterocycles. The Bertz CT molecular complexity index is 566. The van der Waals surface area contributed by atoms with Gasteiger partial charge in [-0.25, -0.2) is 0 Å². The summed E-state index contributed by atoms with van der Waals surface area (Å²) >= 11 is 1.62. The first-order valence-corrected chi connectivity index (χ1v) is 6.91. The van der Waals surface area contributed by atoms with Gasteiger partial charge in [-0.1, -0.05) is 0 Å². The van der Waals surface area contributed by atoms with Crippen molar-refractivity contribution in [3.8, 4) is 0 Å². The van der Waals surface area contributed by atoms with Crippen LogP contribution in [0.15, 0.2) is 28.5 Å². The van der Waals surface area contributed by atoms with Crippen molar-refractivity contribution in [2.45, 2.75) is 31.9 Å². The molecule has 0 N–H and O–H groups in total. The van der Waals surface area contributed by atoms with Crippen LogP contribution < -0.4 is 5.56 Å². The Kier molecular flexibility index (Phi) is 2.99. The molecule has 0 spiro atoms. The highest BCUT2D eigenvalue weighted by molar-refractivity contribution is 7.17. The van der Waals surface area contributed by atoms with Gasteiger partial charge in [0, 0.05) is 24.0 Å². The molecular weight excluding hydrogens is 234 g/mol. The minimum Gasteiger partial charge on any atom is -0.378 e. The summed E-state index contributed by atoms with van der Waals surface area (Å²) in [6, 6.07) is 3.93. The molecule has 0 saturated carbocycles. The van der Waals surface area contributed by atoms with Crippen molar-refractivity contribution in [2.75, 3.05) is 6.61 Å². The lowest BCUT2D eigenvalue weighted by Gasteiger charge is -2.10. The summed E-state index contributed by atoms with van der Waals surface area (Å²) in [4.78, 5) is 12.1. The second kappa shape index (κ2) is 4.63. The first kappa shape index (κ1) is 11.0. The Morgan fingerprint density at radius 3 is 3.24 bits per heavy atom. The van der Waals surface area contributed by atoms with Gasteiger partial charge in [-0.05, 0) is 36.8 Å². The van der Waals surface area contributed by atoms with Gasteiger partial charge in [0.25, 0.3) is 5.56 Å². The van der Waals surface area contributed by atoms with Crippen molar-refractivity contribution in [3.63, 3.8) is 0 Å². The molecule has 90 valence electrons.